The van der Waals surface area contributed by atoms with Crippen molar-refractivity contribution < 1.29 is 0 Å². The molecule has 3 heterocycles. The Kier molecular flexibility index (Phi) is 5.14. The van der Waals surface area contributed by atoms with Crippen molar-refractivity contribution in [3.63, 3.8) is 0 Å². The highest BCUT2D eigenvalue weighted by Gasteiger charge is 2.32. The van der Waals surface area contributed by atoms with Crippen LogP contribution in [0.3, 0.4) is 0 Å². The number of nitriles is 1. The summed E-state index contributed by atoms with van der Waals surface area (Å²) in [6.07, 6.45) is 8.23. The first-order chi connectivity index (χ1) is 13.6. The second-order valence-corrected chi connectivity index (χ2v) is 10.9. The van der Waals surface area contributed by atoms with Crippen molar-refractivity contribution in [2.75, 3.05) is 32.3 Å². The normalized spacial score (nSPS) is 23.1. The number of nitrogens with zero attached hydrogens (tertiary/aromatic N) is 6. The number of benzene rings is 1. The quantitative estimate of drug-likeness (QED) is 0.752. The van der Waals surface area contributed by atoms with Crippen molar-refractivity contribution in [3.8, 4) is 17.5 Å². The number of aryl methyl sites for hydroxylation is 1. The molecule has 28 heavy (non-hydrogen) atoms. The summed E-state index contributed by atoms with van der Waals surface area (Å²) < 4.78 is 1.91. The second-order valence-electron chi connectivity index (χ2n) is 7.49. The maximum absolute atomic E-state index is 8.98. The summed E-state index contributed by atoms with van der Waals surface area (Å²) in [5, 5.41) is 16.0. The minimum atomic E-state index is -0.815. The van der Waals surface area contributed by atoms with E-state index in [1.807, 2.05) is 35.0 Å². The van der Waals surface area contributed by atoms with Gasteiger partial charge in [-0.3, -0.25) is 0 Å². The van der Waals surface area contributed by atoms with Crippen LogP contribution >= 0.6 is 10.0 Å². The fraction of sp³-hybridized carbons (Fsp3) is 0.381. The lowest BCUT2D eigenvalue weighted by Crippen LogP contribution is -2.23. The van der Waals surface area contributed by atoms with Crippen molar-refractivity contribution in [2.45, 2.75) is 19.4 Å². The van der Waals surface area contributed by atoms with Crippen molar-refractivity contribution in [1.82, 2.24) is 24.6 Å². The molecule has 0 spiro atoms. The molecule has 0 bridgehead atoms. The lowest BCUT2D eigenvalue weighted by atomic mass is 10.2. The summed E-state index contributed by atoms with van der Waals surface area (Å²) >= 11 is 0. The van der Waals surface area contributed by atoms with Gasteiger partial charge in [-0.25, -0.2) is 9.67 Å². The molecule has 0 N–H and O–H groups in total. The summed E-state index contributed by atoms with van der Waals surface area (Å²) in [4.78, 5) is 11.0. The first kappa shape index (κ1) is 18.6. The highest BCUT2D eigenvalue weighted by molar-refractivity contribution is 8.38. The van der Waals surface area contributed by atoms with Crippen LogP contribution in [0, 0.1) is 11.3 Å². The Hall–Kier alpha value is -2.72. The highest BCUT2D eigenvalue weighted by Crippen LogP contribution is 2.59. The van der Waals surface area contributed by atoms with Crippen LogP contribution in [0.25, 0.3) is 11.4 Å². The summed E-state index contributed by atoms with van der Waals surface area (Å²) in [6, 6.07) is 12.2. The van der Waals surface area contributed by atoms with Crippen molar-refractivity contribution in [2.24, 2.45) is 0 Å². The van der Waals surface area contributed by atoms with E-state index in [1.165, 1.54) is 0 Å². The molecule has 2 aliphatic heterocycles. The largest absolute Gasteiger partial charge is 0.375 e. The molecule has 2 aliphatic rings. The summed E-state index contributed by atoms with van der Waals surface area (Å²) in [5.74, 6) is 2.78. The number of rotatable bonds is 6. The molecule has 0 radical (unpaired) electrons. The van der Waals surface area contributed by atoms with Gasteiger partial charge in [0.25, 0.3) is 0 Å². The van der Waals surface area contributed by atoms with Crippen LogP contribution in [0.5, 0.6) is 0 Å². The Morgan fingerprint density at radius 2 is 2.04 bits per heavy atom. The van der Waals surface area contributed by atoms with E-state index < -0.39 is 10.0 Å². The molecule has 2 aromatic rings. The average Bonchev–Trinajstić information content (AvgIpc) is 3.26. The predicted molar refractivity (Wildman–Crippen MR) is 114 cm³/mol. The molecule has 0 saturated heterocycles. The number of hydrogen-bond donors (Lipinski definition) is 0. The zero-order valence-corrected chi connectivity index (χ0v) is 17.3. The van der Waals surface area contributed by atoms with Gasteiger partial charge in [0.05, 0.1) is 24.9 Å². The molecule has 7 heteroatoms. The van der Waals surface area contributed by atoms with Crippen LogP contribution in [0.15, 0.2) is 53.0 Å². The van der Waals surface area contributed by atoms with Crippen LogP contribution in [-0.2, 0) is 13.0 Å². The van der Waals surface area contributed by atoms with Crippen molar-refractivity contribution in [1.29, 1.82) is 5.26 Å². The van der Waals surface area contributed by atoms with Gasteiger partial charge in [0.15, 0.2) is 5.82 Å². The van der Waals surface area contributed by atoms with Crippen LogP contribution in [0.2, 0.25) is 0 Å². The lowest BCUT2D eigenvalue weighted by Gasteiger charge is -2.37. The molecule has 1 aromatic heterocycles. The van der Waals surface area contributed by atoms with Gasteiger partial charge in [0.1, 0.15) is 5.82 Å². The maximum atomic E-state index is 8.98. The monoisotopic (exact) mass is 394 g/mol. The molecule has 0 saturated carbocycles. The van der Waals surface area contributed by atoms with Gasteiger partial charge in [0, 0.05) is 49.4 Å². The molecular formula is C21H26N6S. The van der Waals surface area contributed by atoms with Crippen LogP contribution in [0.4, 0.5) is 0 Å². The standard InChI is InChI=1S/C21H26N6S/c1-25-13-14-28(2)17-26(16-19(28)15-25)12-9-20-23-21(18-7-4-3-5-8-18)24-27(20)11-6-10-22/h3-5,7-8,13-14,16H,6,9,11-12,15,17H2,1-2H3. The van der Waals surface area contributed by atoms with Gasteiger partial charge in [0.2, 0.25) is 0 Å². The van der Waals surface area contributed by atoms with Crippen LogP contribution in [0.1, 0.15) is 12.2 Å². The fourth-order valence-corrected chi connectivity index (χ4v) is 6.30. The number of likely N-dealkylation sites (N-methyl/N-ethyl adjacent to an activating group) is 1. The maximum Gasteiger partial charge on any atom is 0.181 e. The Labute approximate surface area is 168 Å². The third kappa shape index (κ3) is 3.78. The van der Waals surface area contributed by atoms with Gasteiger partial charge < -0.3 is 9.80 Å². The molecule has 1 atom stereocenters. The van der Waals surface area contributed by atoms with E-state index in [0.717, 1.165) is 42.6 Å². The molecule has 1 aromatic carbocycles. The van der Waals surface area contributed by atoms with Gasteiger partial charge in [-0.2, -0.15) is 20.4 Å². The lowest BCUT2D eigenvalue weighted by molar-refractivity contribution is 0.432. The minimum absolute atomic E-state index is 0.442. The van der Waals surface area contributed by atoms with E-state index in [9.17, 15) is 0 Å². The van der Waals surface area contributed by atoms with Crippen molar-refractivity contribution >= 4 is 10.0 Å². The average molecular weight is 395 g/mol. The fourth-order valence-electron chi connectivity index (χ4n) is 3.62. The van der Waals surface area contributed by atoms with Crippen molar-refractivity contribution in [3.05, 3.63) is 58.9 Å². The Morgan fingerprint density at radius 3 is 2.82 bits per heavy atom. The van der Waals surface area contributed by atoms with Gasteiger partial charge in [-0.05, 0) is 11.7 Å². The smallest absolute Gasteiger partial charge is 0.181 e. The molecule has 0 fully saturated rings. The third-order valence-corrected chi connectivity index (χ3v) is 8.24. The van der Waals surface area contributed by atoms with E-state index in [4.69, 9.17) is 10.2 Å². The Balaban J connectivity index is 1.49. The number of fused-ring (bicyclic) bond motifs is 1. The summed E-state index contributed by atoms with van der Waals surface area (Å²) in [5.41, 5.74) is 1.01. The van der Waals surface area contributed by atoms with Gasteiger partial charge in [-0.15, -0.1) is 0 Å². The number of hydrogen-bond acceptors (Lipinski definition) is 5. The summed E-state index contributed by atoms with van der Waals surface area (Å²) in [7, 11) is 1.31. The molecule has 0 aliphatic carbocycles. The molecule has 0 amide bonds. The first-order valence-electron chi connectivity index (χ1n) is 9.53. The molecule has 4 rings (SSSR count). The second kappa shape index (κ2) is 7.72. The first-order valence-corrected chi connectivity index (χ1v) is 11.8. The zero-order valence-electron chi connectivity index (χ0n) is 16.5. The van der Waals surface area contributed by atoms with E-state index in [1.54, 1.807) is 4.91 Å². The van der Waals surface area contributed by atoms with Crippen LogP contribution in [-0.4, -0.2) is 56.8 Å². The van der Waals surface area contributed by atoms with Gasteiger partial charge >= 0.3 is 0 Å². The summed E-state index contributed by atoms with van der Waals surface area (Å²) in [6.45, 7) is 2.53. The topological polar surface area (TPSA) is 61.0 Å². The Bertz CT molecular complexity index is 942. The third-order valence-electron chi connectivity index (χ3n) is 5.22. The van der Waals surface area contributed by atoms with E-state index in [2.05, 4.69) is 52.1 Å². The van der Waals surface area contributed by atoms with E-state index in [-0.39, 0.29) is 0 Å². The molecule has 146 valence electrons. The van der Waals surface area contributed by atoms with E-state index >= 15 is 0 Å². The zero-order chi connectivity index (χ0) is 19.6. The van der Waals surface area contributed by atoms with Gasteiger partial charge in [-0.1, -0.05) is 30.3 Å². The predicted octanol–water partition coefficient (Wildman–Crippen LogP) is 3.37. The minimum Gasteiger partial charge on any atom is -0.375 e. The Morgan fingerprint density at radius 1 is 1.21 bits per heavy atom. The van der Waals surface area contributed by atoms with E-state index in [0.29, 0.717) is 13.0 Å². The highest BCUT2D eigenvalue weighted by atomic mass is 32.3. The molecule has 1 unspecified atom stereocenters. The SMILES string of the molecule is CN1C=CS2(C)CN(CCc3nc(-c4ccccc4)nn3CCC#N)C=C2C1. The molecular weight excluding hydrogens is 368 g/mol. The van der Waals surface area contributed by atoms with Crippen LogP contribution < -0.4 is 0 Å². The number of aromatic nitrogens is 3. The molecule has 6 nitrogen and oxygen atoms in total.